The average molecular weight is 294 g/mol. The van der Waals surface area contributed by atoms with Crippen LogP contribution in [0.2, 0.25) is 5.02 Å². The van der Waals surface area contributed by atoms with Crippen molar-refractivity contribution in [3.05, 3.63) is 21.3 Å². The highest BCUT2D eigenvalue weighted by Crippen LogP contribution is 2.22. The highest BCUT2D eigenvalue weighted by atomic mass is 35.5. The molecule has 0 spiro atoms. The molecule has 0 aliphatic carbocycles. The van der Waals surface area contributed by atoms with E-state index in [0.29, 0.717) is 22.4 Å². The Morgan fingerprint density at radius 3 is 2.59 bits per heavy atom. The third-order valence-corrected chi connectivity index (χ3v) is 4.69. The molecule has 1 aromatic heterocycles. The van der Waals surface area contributed by atoms with Gasteiger partial charge in [0.15, 0.2) is 0 Å². The average Bonchev–Trinajstić information content (AvgIpc) is 2.74. The van der Waals surface area contributed by atoms with E-state index in [-0.39, 0.29) is 11.3 Å². The van der Waals surface area contributed by atoms with E-state index in [4.69, 9.17) is 23.2 Å². The SMILES string of the molecule is CCC(CC)C(Cl)CNC(=O)c1sccc1Cl. The molecule has 1 N–H and O–H groups in total. The summed E-state index contributed by atoms with van der Waals surface area (Å²) in [5.74, 6) is 0.303. The summed E-state index contributed by atoms with van der Waals surface area (Å²) in [6.07, 6.45) is 2.06. The predicted octanol–water partition coefficient (Wildman–Crippen LogP) is 4.17. The van der Waals surface area contributed by atoms with Crippen LogP contribution in [-0.4, -0.2) is 17.8 Å². The molecule has 1 atom stereocenters. The molecule has 0 radical (unpaired) electrons. The topological polar surface area (TPSA) is 29.1 Å². The maximum Gasteiger partial charge on any atom is 0.262 e. The number of thiophene rings is 1. The number of carbonyl (C=O) groups is 1. The molecule has 2 nitrogen and oxygen atoms in total. The third kappa shape index (κ3) is 4.16. The molecule has 1 rings (SSSR count). The molecule has 0 saturated carbocycles. The standard InChI is InChI=1S/C12H17Cl2NOS/c1-3-8(4-2)10(14)7-15-12(16)11-9(13)5-6-17-11/h5-6,8,10H,3-4,7H2,1-2H3,(H,15,16). The van der Waals surface area contributed by atoms with Crippen molar-refractivity contribution in [1.29, 1.82) is 0 Å². The zero-order valence-electron chi connectivity index (χ0n) is 10.0. The molecule has 0 aliphatic rings. The van der Waals surface area contributed by atoms with Gasteiger partial charge in [0.1, 0.15) is 4.88 Å². The van der Waals surface area contributed by atoms with Gasteiger partial charge in [-0.1, -0.05) is 38.3 Å². The van der Waals surface area contributed by atoms with Gasteiger partial charge in [-0.25, -0.2) is 0 Å². The number of alkyl halides is 1. The lowest BCUT2D eigenvalue weighted by Gasteiger charge is -2.19. The van der Waals surface area contributed by atoms with Crippen LogP contribution in [0.15, 0.2) is 11.4 Å². The molecule has 1 heterocycles. The second-order valence-electron chi connectivity index (χ2n) is 3.90. The van der Waals surface area contributed by atoms with Gasteiger partial charge in [-0.2, -0.15) is 0 Å². The Labute approximate surface area is 116 Å². The Kier molecular flexibility index (Phi) is 6.31. The molecule has 1 unspecified atom stereocenters. The smallest absolute Gasteiger partial charge is 0.262 e. The van der Waals surface area contributed by atoms with Crippen LogP contribution in [-0.2, 0) is 0 Å². The van der Waals surface area contributed by atoms with Gasteiger partial charge in [0, 0.05) is 6.54 Å². The minimum Gasteiger partial charge on any atom is -0.350 e. The Hall–Kier alpha value is -0.250. The molecule has 17 heavy (non-hydrogen) atoms. The number of hydrogen-bond donors (Lipinski definition) is 1. The van der Waals surface area contributed by atoms with E-state index in [2.05, 4.69) is 19.2 Å². The second kappa shape index (κ2) is 7.24. The molecule has 0 fully saturated rings. The van der Waals surface area contributed by atoms with Gasteiger partial charge < -0.3 is 5.32 Å². The first kappa shape index (κ1) is 14.8. The summed E-state index contributed by atoms with van der Waals surface area (Å²) in [7, 11) is 0. The van der Waals surface area contributed by atoms with Crippen molar-refractivity contribution in [2.75, 3.05) is 6.54 Å². The lowest BCUT2D eigenvalue weighted by Crippen LogP contribution is -2.32. The Morgan fingerprint density at radius 2 is 2.12 bits per heavy atom. The minimum atomic E-state index is -0.137. The number of rotatable bonds is 6. The highest BCUT2D eigenvalue weighted by Gasteiger charge is 2.18. The maximum absolute atomic E-state index is 11.8. The van der Waals surface area contributed by atoms with Crippen LogP contribution in [0.25, 0.3) is 0 Å². The molecule has 0 saturated heterocycles. The molecule has 0 aliphatic heterocycles. The van der Waals surface area contributed by atoms with Crippen LogP contribution in [0, 0.1) is 5.92 Å². The zero-order valence-corrected chi connectivity index (χ0v) is 12.3. The fraction of sp³-hybridized carbons (Fsp3) is 0.583. The predicted molar refractivity (Wildman–Crippen MR) is 75.4 cm³/mol. The zero-order chi connectivity index (χ0) is 12.8. The summed E-state index contributed by atoms with van der Waals surface area (Å²) >= 11 is 13.5. The van der Waals surface area contributed by atoms with E-state index < -0.39 is 0 Å². The lowest BCUT2D eigenvalue weighted by molar-refractivity contribution is 0.0955. The quantitative estimate of drug-likeness (QED) is 0.784. The Bertz CT molecular complexity index is 363. The largest absolute Gasteiger partial charge is 0.350 e. The van der Waals surface area contributed by atoms with E-state index in [9.17, 15) is 4.79 Å². The van der Waals surface area contributed by atoms with E-state index in [1.807, 2.05) is 0 Å². The molecule has 96 valence electrons. The van der Waals surface area contributed by atoms with Crippen molar-refractivity contribution in [3.8, 4) is 0 Å². The monoisotopic (exact) mass is 293 g/mol. The number of hydrogen-bond acceptors (Lipinski definition) is 2. The Morgan fingerprint density at radius 1 is 1.47 bits per heavy atom. The number of amides is 1. The fourth-order valence-electron chi connectivity index (χ4n) is 1.69. The maximum atomic E-state index is 11.8. The summed E-state index contributed by atoms with van der Waals surface area (Å²) in [6, 6.07) is 1.72. The van der Waals surface area contributed by atoms with Crippen molar-refractivity contribution >= 4 is 40.4 Å². The normalized spacial score (nSPS) is 12.8. The van der Waals surface area contributed by atoms with Crippen molar-refractivity contribution in [3.63, 3.8) is 0 Å². The number of carbonyl (C=O) groups excluding carboxylic acids is 1. The van der Waals surface area contributed by atoms with Crippen molar-refractivity contribution < 1.29 is 4.79 Å². The van der Waals surface area contributed by atoms with Crippen LogP contribution in [0.5, 0.6) is 0 Å². The molecular formula is C12H17Cl2NOS. The van der Waals surface area contributed by atoms with Gasteiger partial charge >= 0.3 is 0 Å². The van der Waals surface area contributed by atoms with Gasteiger partial charge in [0.25, 0.3) is 5.91 Å². The third-order valence-electron chi connectivity index (χ3n) is 2.84. The van der Waals surface area contributed by atoms with Crippen LogP contribution in [0.3, 0.4) is 0 Å². The van der Waals surface area contributed by atoms with Crippen LogP contribution < -0.4 is 5.32 Å². The Balaban J connectivity index is 2.46. The van der Waals surface area contributed by atoms with Crippen molar-refractivity contribution in [1.82, 2.24) is 5.32 Å². The van der Waals surface area contributed by atoms with Crippen LogP contribution in [0.4, 0.5) is 0 Å². The molecule has 0 aromatic carbocycles. The first-order valence-corrected chi connectivity index (χ1v) is 7.44. The summed E-state index contributed by atoms with van der Waals surface area (Å²) in [5.41, 5.74) is 0. The van der Waals surface area contributed by atoms with Crippen LogP contribution >= 0.6 is 34.5 Å². The molecule has 5 heteroatoms. The van der Waals surface area contributed by atoms with Gasteiger partial charge in [-0.15, -0.1) is 22.9 Å². The summed E-state index contributed by atoms with van der Waals surface area (Å²) in [5, 5.41) is 5.11. The molecule has 0 bridgehead atoms. The molecule has 1 aromatic rings. The first-order chi connectivity index (χ1) is 8.10. The first-order valence-electron chi connectivity index (χ1n) is 5.75. The summed E-state index contributed by atoms with van der Waals surface area (Å²) in [4.78, 5) is 12.3. The van der Waals surface area contributed by atoms with Crippen molar-refractivity contribution in [2.45, 2.75) is 32.1 Å². The number of halogens is 2. The second-order valence-corrected chi connectivity index (χ2v) is 5.78. The molecular weight excluding hydrogens is 277 g/mol. The fourth-order valence-corrected chi connectivity index (χ4v) is 3.18. The van der Waals surface area contributed by atoms with Gasteiger partial charge in [0.05, 0.1) is 10.4 Å². The minimum absolute atomic E-state index is 0.0207. The van der Waals surface area contributed by atoms with E-state index >= 15 is 0 Å². The molecule has 1 amide bonds. The van der Waals surface area contributed by atoms with Crippen LogP contribution in [0.1, 0.15) is 36.4 Å². The van der Waals surface area contributed by atoms with E-state index in [0.717, 1.165) is 12.8 Å². The summed E-state index contributed by atoms with van der Waals surface area (Å²) in [6.45, 7) is 4.71. The van der Waals surface area contributed by atoms with E-state index in [1.54, 1.807) is 11.4 Å². The van der Waals surface area contributed by atoms with Gasteiger partial charge in [-0.05, 0) is 17.4 Å². The van der Waals surface area contributed by atoms with Gasteiger partial charge in [0.2, 0.25) is 0 Å². The number of nitrogens with one attached hydrogen (secondary N) is 1. The van der Waals surface area contributed by atoms with Crippen molar-refractivity contribution in [2.24, 2.45) is 5.92 Å². The summed E-state index contributed by atoms with van der Waals surface area (Å²) < 4.78 is 0. The van der Waals surface area contributed by atoms with E-state index in [1.165, 1.54) is 11.3 Å². The highest BCUT2D eigenvalue weighted by molar-refractivity contribution is 7.12. The van der Waals surface area contributed by atoms with Gasteiger partial charge in [-0.3, -0.25) is 4.79 Å². The lowest BCUT2D eigenvalue weighted by atomic mass is 9.99.